The number of carbonyl (C=O) groups excluding carboxylic acids is 2. The van der Waals surface area contributed by atoms with Crippen molar-refractivity contribution in [3.8, 4) is 5.75 Å². The number of hydrogen-bond donors (Lipinski definition) is 0. The molecule has 2 aliphatic heterocycles. The number of amides is 3. The van der Waals surface area contributed by atoms with Crippen molar-refractivity contribution in [2.45, 2.75) is 38.6 Å². The molecule has 0 radical (unpaired) electrons. The summed E-state index contributed by atoms with van der Waals surface area (Å²) in [6.45, 7) is 7.76. The van der Waals surface area contributed by atoms with Gasteiger partial charge in [-0.3, -0.25) is 9.69 Å². The minimum atomic E-state index is -0.661. The Hall–Kier alpha value is -2.08. The van der Waals surface area contributed by atoms with E-state index in [0.717, 1.165) is 50.2 Å². The number of piperidine rings is 1. The van der Waals surface area contributed by atoms with E-state index in [9.17, 15) is 9.59 Å². The maximum atomic E-state index is 13.0. The van der Waals surface area contributed by atoms with Crippen LogP contribution < -0.4 is 4.74 Å². The van der Waals surface area contributed by atoms with Crippen molar-refractivity contribution in [3.05, 3.63) is 29.8 Å². The van der Waals surface area contributed by atoms with Gasteiger partial charge in [-0.05, 0) is 42.9 Å². The predicted octanol–water partition coefficient (Wildman–Crippen LogP) is 2.62. The van der Waals surface area contributed by atoms with Crippen LogP contribution in [0.4, 0.5) is 4.79 Å². The summed E-state index contributed by atoms with van der Waals surface area (Å²) in [7, 11) is 3.26. The summed E-state index contributed by atoms with van der Waals surface area (Å²) >= 11 is 0. The fraction of sp³-hybridized carbons (Fsp3) is 0.619. The smallest absolute Gasteiger partial charge is 0.327 e. The van der Waals surface area contributed by atoms with Crippen LogP contribution in [0.3, 0.4) is 0 Å². The summed E-state index contributed by atoms with van der Waals surface area (Å²) in [4.78, 5) is 31.3. The average Bonchev–Trinajstić information content (AvgIpc) is 2.83. The molecule has 27 heavy (non-hydrogen) atoms. The Morgan fingerprint density at radius 3 is 2.30 bits per heavy atom. The zero-order valence-corrected chi connectivity index (χ0v) is 16.9. The predicted molar refractivity (Wildman–Crippen MR) is 105 cm³/mol. The number of nitrogens with zero attached hydrogens (tertiary/aromatic N) is 3. The molecule has 3 amide bonds. The van der Waals surface area contributed by atoms with E-state index in [1.807, 2.05) is 29.2 Å². The molecule has 2 saturated heterocycles. The minimum absolute atomic E-state index is 0.0357. The monoisotopic (exact) mass is 373 g/mol. The number of urea groups is 1. The van der Waals surface area contributed by atoms with Gasteiger partial charge in [0.05, 0.1) is 7.11 Å². The van der Waals surface area contributed by atoms with E-state index in [1.54, 1.807) is 14.2 Å². The Balaban J connectivity index is 1.71. The Morgan fingerprint density at radius 2 is 1.74 bits per heavy atom. The molecule has 6 heteroatoms. The molecule has 1 spiro atoms. The van der Waals surface area contributed by atoms with Crippen LogP contribution in [0.25, 0.3) is 0 Å². The quantitative estimate of drug-likeness (QED) is 0.720. The first kappa shape index (κ1) is 19.7. The van der Waals surface area contributed by atoms with Crippen LogP contribution in [0.1, 0.15) is 32.3 Å². The van der Waals surface area contributed by atoms with Crippen LogP contribution in [0, 0.1) is 5.92 Å². The highest BCUT2D eigenvalue weighted by atomic mass is 16.5. The topological polar surface area (TPSA) is 53.1 Å². The van der Waals surface area contributed by atoms with Crippen LogP contribution in [0.15, 0.2) is 24.3 Å². The van der Waals surface area contributed by atoms with Crippen LogP contribution in [0.2, 0.25) is 0 Å². The first-order valence-electron chi connectivity index (χ1n) is 9.82. The Morgan fingerprint density at radius 1 is 1.11 bits per heavy atom. The lowest BCUT2D eigenvalue weighted by Crippen LogP contribution is -2.57. The molecule has 2 fully saturated rings. The summed E-state index contributed by atoms with van der Waals surface area (Å²) in [5, 5.41) is 0. The highest BCUT2D eigenvalue weighted by Gasteiger charge is 2.56. The first-order valence-corrected chi connectivity index (χ1v) is 9.82. The van der Waals surface area contributed by atoms with Crippen LogP contribution in [-0.4, -0.2) is 72.5 Å². The van der Waals surface area contributed by atoms with Gasteiger partial charge >= 0.3 is 6.03 Å². The molecule has 2 heterocycles. The second kappa shape index (κ2) is 7.89. The van der Waals surface area contributed by atoms with Crippen LogP contribution in [0.5, 0.6) is 5.75 Å². The van der Waals surface area contributed by atoms with Crippen molar-refractivity contribution in [3.63, 3.8) is 0 Å². The third-order valence-corrected chi connectivity index (χ3v) is 5.83. The van der Waals surface area contributed by atoms with Gasteiger partial charge in [0.2, 0.25) is 0 Å². The van der Waals surface area contributed by atoms with Crippen molar-refractivity contribution in [2.75, 3.05) is 40.3 Å². The van der Waals surface area contributed by atoms with Crippen molar-refractivity contribution in [1.82, 2.24) is 14.7 Å². The second-order valence-corrected chi connectivity index (χ2v) is 8.12. The molecule has 0 aliphatic carbocycles. The number of methoxy groups -OCH3 is 1. The standard InChI is InChI=1S/C21H31N3O3/c1-16(2)15-23-13-10-21(11-14-23)19(25)22(3)20(26)24(21)12-9-17-5-7-18(27-4)8-6-17/h5-8,16H,9-15H2,1-4H3. The lowest BCUT2D eigenvalue weighted by atomic mass is 9.85. The average molecular weight is 373 g/mol. The van der Waals surface area contributed by atoms with Gasteiger partial charge in [0.15, 0.2) is 0 Å². The first-order chi connectivity index (χ1) is 12.9. The molecule has 148 valence electrons. The van der Waals surface area contributed by atoms with E-state index in [0.29, 0.717) is 12.5 Å². The van der Waals surface area contributed by atoms with Crippen LogP contribution in [-0.2, 0) is 11.2 Å². The highest BCUT2D eigenvalue weighted by Crippen LogP contribution is 2.37. The number of rotatable bonds is 6. The number of likely N-dealkylation sites (N-methyl/N-ethyl adjacent to an activating group) is 1. The molecule has 1 aromatic carbocycles. The zero-order valence-electron chi connectivity index (χ0n) is 16.9. The lowest BCUT2D eigenvalue weighted by Gasteiger charge is -2.42. The molecular weight excluding hydrogens is 342 g/mol. The van der Waals surface area contributed by atoms with Gasteiger partial charge in [-0.25, -0.2) is 4.79 Å². The van der Waals surface area contributed by atoms with E-state index >= 15 is 0 Å². The third kappa shape index (κ3) is 3.81. The summed E-state index contributed by atoms with van der Waals surface area (Å²) in [5.41, 5.74) is 0.476. The van der Waals surface area contributed by atoms with Gasteiger partial charge in [-0.15, -0.1) is 0 Å². The van der Waals surface area contributed by atoms with Gasteiger partial charge in [0.1, 0.15) is 11.3 Å². The largest absolute Gasteiger partial charge is 0.497 e. The van der Waals surface area contributed by atoms with Crippen molar-refractivity contribution in [1.29, 1.82) is 0 Å². The fourth-order valence-corrected chi connectivity index (χ4v) is 4.33. The van der Waals surface area contributed by atoms with Crippen molar-refractivity contribution < 1.29 is 14.3 Å². The molecule has 0 atom stereocenters. The Kier molecular flexibility index (Phi) is 5.75. The van der Waals surface area contributed by atoms with E-state index < -0.39 is 5.54 Å². The number of likely N-dealkylation sites (tertiary alicyclic amines) is 1. The van der Waals surface area contributed by atoms with Crippen molar-refractivity contribution >= 4 is 11.9 Å². The molecule has 0 N–H and O–H groups in total. The fourth-order valence-electron chi connectivity index (χ4n) is 4.33. The van der Waals surface area contributed by atoms with E-state index in [4.69, 9.17) is 4.74 Å². The lowest BCUT2D eigenvalue weighted by molar-refractivity contribution is -0.134. The number of ether oxygens (including phenoxy) is 1. The van der Waals surface area contributed by atoms with Crippen LogP contribution >= 0.6 is 0 Å². The highest BCUT2D eigenvalue weighted by molar-refractivity contribution is 6.06. The normalized spacial score (nSPS) is 20.2. The maximum absolute atomic E-state index is 13.0. The minimum Gasteiger partial charge on any atom is -0.497 e. The molecule has 3 rings (SSSR count). The van der Waals surface area contributed by atoms with Crippen molar-refractivity contribution in [2.24, 2.45) is 5.92 Å². The van der Waals surface area contributed by atoms with Gasteiger partial charge in [0.25, 0.3) is 5.91 Å². The summed E-state index contributed by atoms with van der Waals surface area (Å²) in [6, 6.07) is 7.73. The summed E-state index contributed by atoms with van der Waals surface area (Å²) in [5.74, 6) is 1.39. The molecule has 0 bridgehead atoms. The molecular formula is C21H31N3O3. The molecule has 0 aromatic heterocycles. The summed E-state index contributed by atoms with van der Waals surface area (Å²) < 4.78 is 5.20. The number of hydrogen-bond acceptors (Lipinski definition) is 4. The van der Waals surface area contributed by atoms with Gasteiger partial charge in [-0.2, -0.15) is 0 Å². The molecule has 1 aromatic rings. The number of carbonyl (C=O) groups is 2. The molecule has 6 nitrogen and oxygen atoms in total. The van der Waals surface area contributed by atoms with Gasteiger partial charge < -0.3 is 14.5 Å². The van der Waals surface area contributed by atoms with Gasteiger partial charge in [0, 0.05) is 33.2 Å². The SMILES string of the molecule is COc1ccc(CCN2C(=O)N(C)C(=O)C23CCN(CC(C)C)CC3)cc1. The van der Waals surface area contributed by atoms with E-state index in [-0.39, 0.29) is 11.9 Å². The Bertz CT molecular complexity index is 678. The second-order valence-electron chi connectivity index (χ2n) is 8.12. The molecule has 0 unspecified atom stereocenters. The Labute approximate surface area is 162 Å². The zero-order chi connectivity index (χ0) is 19.6. The maximum Gasteiger partial charge on any atom is 0.327 e. The van der Waals surface area contributed by atoms with Gasteiger partial charge in [-0.1, -0.05) is 26.0 Å². The summed E-state index contributed by atoms with van der Waals surface area (Å²) in [6.07, 6.45) is 2.17. The third-order valence-electron chi connectivity index (χ3n) is 5.83. The molecule has 2 aliphatic rings. The van der Waals surface area contributed by atoms with E-state index in [1.165, 1.54) is 4.90 Å². The number of imide groups is 1. The number of benzene rings is 1. The van der Waals surface area contributed by atoms with E-state index in [2.05, 4.69) is 18.7 Å². The molecule has 0 saturated carbocycles.